The van der Waals surface area contributed by atoms with E-state index in [0.717, 1.165) is 12.0 Å². The number of allylic oxidation sites excluding steroid dienone is 1. The number of hydrogen-bond acceptors (Lipinski definition) is 9. The Morgan fingerprint density at radius 3 is 2.40 bits per heavy atom. The summed E-state index contributed by atoms with van der Waals surface area (Å²) in [7, 11) is 2.23. The topological polar surface area (TPSA) is 124 Å². The van der Waals surface area contributed by atoms with Crippen LogP contribution in [-0.2, 0) is 40.2 Å². The Morgan fingerprint density at radius 1 is 0.979 bits per heavy atom. The van der Waals surface area contributed by atoms with E-state index in [1.54, 1.807) is 19.2 Å². The lowest BCUT2D eigenvalue weighted by molar-refractivity contribution is -0.158. The molecule has 3 aromatic carbocycles. The summed E-state index contributed by atoms with van der Waals surface area (Å²) in [6.07, 6.45) is 1.59. The summed E-state index contributed by atoms with van der Waals surface area (Å²) in [5.41, 5.74) is 5.92. The molecule has 0 aromatic heterocycles. The average Bonchev–Trinajstić information content (AvgIpc) is 3.48. The Kier molecular flexibility index (Phi) is 11.3. The molecule has 0 saturated carbocycles. The minimum atomic E-state index is -3.93. The van der Waals surface area contributed by atoms with Crippen LogP contribution in [0, 0.1) is 0 Å². The van der Waals surface area contributed by atoms with Crippen LogP contribution < -0.4 is 4.74 Å². The van der Waals surface area contributed by atoms with Crippen molar-refractivity contribution in [3.8, 4) is 16.9 Å². The van der Waals surface area contributed by atoms with Gasteiger partial charge in [0.15, 0.2) is 12.0 Å². The molecule has 47 heavy (non-hydrogen) atoms. The molecule has 1 amide bonds. The summed E-state index contributed by atoms with van der Waals surface area (Å²) in [5.74, 6) is 0.0951. The lowest BCUT2D eigenvalue weighted by Crippen LogP contribution is -2.40. The monoisotopic (exact) mass is 666 g/mol. The number of hydrogen-bond donors (Lipinski definition) is 1. The predicted octanol–water partition coefficient (Wildman–Crippen LogP) is 3.76. The number of aliphatic hydroxyl groups excluding tert-OH is 1. The van der Waals surface area contributed by atoms with E-state index >= 15 is 0 Å². The molecule has 5 rings (SSSR count). The molecule has 1 N–H and O–H groups in total. The first-order chi connectivity index (χ1) is 22.7. The third-order valence-corrected chi connectivity index (χ3v) is 10.5. The summed E-state index contributed by atoms with van der Waals surface area (Å²) in [5, 5.41) is 9.67. The van der Waals surface area contributed by atoms with Gasteiger partial charge in [-0.3, -0.25) is 4.79 Å². The van der Waals surface area contributed by atoms with Gasteiger partial charge in [-0.1, -0.05) is 42.5 Å². The van der Waals surface area contributed by atoms with Crippen molar-refractivity contribution in [1.29, 1.82) is 0 Å². The van der Waals surface area contributed by atoms with Gasteiger partial charge in [-0.05, 0) is 64.6 Å². The molecular formula is C35H42N2O9S. The SMILES string of the molecule is COc1ccc(S(=O)(=O)N(CCO)CCO[C@H]2C[C@@H](c3cccc4c3Cc3ccccc3-4)C=C(C(=O)N(C)CC(OC)OC)O2)cc1. The van der Waals surface area contributed by atoms with Crippen molar-refractivity contribution in [3.05, 3.63) is 95.3 Å². The summed E-state index contributed by atoms with van der Waals surface area (Å²) in [4.78, 5) is 15.2. The first kappa shape index (κ1) is 34.6. The molecule has 0 saturated heterocycles. The van der Waals surface area contributed by atoms with E-state index in [-0.39, 0.29) is 55.3 Å². The van der Waals surface area contributed by atoms with E-state index in [4.69, 9.17) is 23.7 Å². The molecule has 2 atom stereocenters. The predicted molar refractivity (Wildman–Crippen MR) is 175 cm³/mol. The molecule has 3 aromatic rings. The summed E-state index contributed by atoms with van der Waals surface area (Å²) in [6, 6.07) is 20.6. The number of ether oxygens (including phenoxy) is 5. The van der Waals surface area contributed by atoms with Gasteiger partial charge in [0.25, 0.3) is 5.91 Å². The zero-order valence-electron chi connectivity index (χ0n) is 27.1. The second kappa shape index (κ2) is 15.4. The van der Waals surface area contributed by atoms with Gasteiger partial charge in [-0.2, -0.15) is 4.31 Å². The number of carbonyl (C=O) groups is 1. The number of aliphatic hydroxyl groups is 1. The van der Waals surface area contributed by atoms with Crippen LogP contribution in [0.2, 0.25) is 0 Å². The average molecular weight is 667 g/mol. The van der Waals surface area contributed by atoms with Crippen molar-refractivity contribution in [2.24, 2.45) is 0 Å². The number of nitrogens with zero attached hydrogens (tertiary/aromatic N) is 2. The number of methoxy groups -OCH3 is 3. The summed E-state index contributed by atoms with van der Waals surface area (Å²) in [6.45, 7) is -0.366. The summed E-state index contributed by atoms with van der Waals surface area (Å²) >= 11 is 0. The van der Waals surface area contributed by atoms with E-state index in [1.807, 2.05) is 24.3 Å². The minimum Gasteiger partial charge on any atom is -0.497 e. The van der Waals surface area contributed by atoms with Crippen molar-refractivity contribution in [3.63, 3.8) is 0 Å². The number of amides is 1. The lowest BCUT2D eigenvalue weighted by atomic mass is 9.87. The second-order valence-corrected chi connectivity index (χ2v) is 13.3. The quantitative estimate of drug-likeness (QED) is 0.189. The largest absolute Gasteiger partial charge is 0.497 e. The van der Waals surface area contributed by atoms with Gasteiger partial charge in [0.1, 0.15) is 5.75 Å². The molecule has 0 radical (unpaired) electrons. The molecular weight excluding hydrogens is 624 g/mol. The van der Waals surface area contributed by atoms with Crippen LogP contribution in [0.4, 0.5) is 0 Å². The number of likely N-dealkylation sites (N-methyl/N-ethyl adjacent to an activating group) is 1. The van der Waals surface area contributed by atoms with Crippen LogP contribution in [0.25, 0.3) is 11.1 Å². The van der Waals surface area contributed by atoms with Crippen LogP contribution in [0.1, 0.15) is 29.0 Å². The molecule has 1 heterocycles. The van der Waals surface area contributed by atoms with Crippen molar-refractivity contribution in [2.45, 2.75) is 36.2 Å². The van der Waals surface area contributed by atoms with E-state index < -0.39 is 22.6 Å². The third-order valence-electron chi connectivity index (χ3n) is 8.54. The maximum Gasteiger partial charge on any atom is 0.288 e. The number of fused-ring (bicyclic) bond motifs is 3. The Hall–Kier alpha value is -3.78. The van der Waals surface area contributed by atoms with Gasteiger partial charge >= 0.3 is 0 Å². The van der Waals surface area contributed by atoms with Crippen LogP contribution in [0.15, 0.2) is 83.5 Å². The fraction of sp³-hybridized carbons (Fsp3) is 0.400. The smallest absolute Gasteiger partial charge is 0.288 e. The Morgan fingerprint density at radius 2 is 1.70 bits per heavy atom. The van der Waals surface area contributed by atoms with Gasteiger partial charge in [-0.15, -0.1) is 0 Å². The zero-order chi connectivity index (χ0) is 33.6. The molecule has 1 aliphatic carbocycles. The van der Waals surface area contributed by atoms with Crippen LogP contribution >= 0.6 is 0 Å². The number of carbonyl (C=O) groups excluding carboxylic acids is 1. The van der Waals surface area contributed by atoms with E-state index in [0.29, 0.717) is 12.2 Å². The minimum absolute atomic E-state index is 0.0299. The number of sulfonamides is 1. The fourth-order valence-corrected chi connectivity index (χ4v) is 7.46. The molecule has 0 unspecified atom stereocenters. The van der Waals surface area contributed by atoms with Crippen molar-refractivity contribution in [2.75, 3.05) is 61.2 Å². The highest BCUT2D eigenvalue weighted by Gasteiger charge is 2.34. The molecule has 11 nitrogen and oxygen atoms in total. The standard InChI is InChI=1S/C35H42N2O9S/c1-36(23-34(43-3)44-4)35(39)32-21-25(29-10-7-11-30-28-9-6-5-8-24(28)20-31(29)30)22-33(46-32)45-19-17-37(16-18-38)47(40,41)27-14-12-26(42-2)13-15-27/h5-15,21,25,33-34,38H,16-20,22-23H2,1-4H3/t25-,33+/m0/s1. The highest BCUT2D eigenvalue weighted by Crippen LogP contribution is 2.43. The van der Waals surface area contributed by atoms with Crippen LogP contribution in [0.3, 0.4) is 0 Å². The normalized spacial score (nSPS) is 17.2. The number of benzene rings is 3. The second-order valence-electron chi connectivity index (χ2n) is 11.4. The third kappa shape index (κ3) is 7.69. The molecule has 0 bridgehead atoms. The molecule has 2 aliphatic rings. The van der Waals surface area contributed by atoms with Crippen LogP contribution in [-0.4, -0.2) is 102 Å². The first-order valence-electron chi connectivity index (χ1n) is 15.5. The maximum absolute atomic E-state index is 13.6. The Labute approximate surface area is 276 Å². The molecule has 0 fully saturated rings. The van der Waals surface area contributed by atoms with Gasteiger partial charge in [-0.25, -0.2) is 8.42 Å². The fourth-order valence-electron chi connectivity index (χ4n) is 6.04. The van der Waals surface area contributed by atoms with Gasteiger partial charge in [0, 0.05) is 46.7 Å². The van der Waals surface area contributed by atoms with Gasteiger partial charge in [0.05, 0.1) is 31.8 Å². The van der Waals surface area contributed by atoms with Crippen molar-refractivity contribution >= 4 is 15.9 Å². The van der Waals surface area contributed by atoms with Gasteiger partial charge in [0.2, 0.25) is 16.3 Å². The van der Waals surface area contributed by atoms with E-state index in [2.05, 4.69) is 24.3 Å². The molecule has 1 aliphatic heterocycles. The Bertz CT molecular complexity index is 1670. The van der Waals surface area contributed by atoms with E-state index in [1.165, 1.54) is 64.9 Å². The highest BCUT2D eigenvalue weighted by atomic mass is 32.2. The first-order valence-corrected chi connectivity index (χ1v) is 16.9. The lowest BCUT2D eigenvalue weighted by Gasteiger charge is -2.32. The summed E-state index contributed by atoms with van der Waals surface area (Å²) < 4.78 is 56.0. The molecule has 252 valence electrons. The highest BCUT2D eigenvalue weighted by molar-refractivity contribution is 7.89. The molecule has 12 heteroatoms. The van der Waals surface area contributed by atoms with Gasteiger partial charge < -0.3 is 33.7 Å². The van der Waals surface area contributed by atoms with Crippen molar-refractivity contribution < 1.29 is 42.0 Å². The van der Waals surface area contributed by atoms with Crippen LogP contribution in [0.5, 0.6) is 5.75 Å². The molecule has 0 spiro atoms. The number of rotatable bonds is 15. The van der Waals surface area contributed by atoms with E-state index in [9.17, 15) is 18.3 Å². The zero-order valence-corrected chi connectivity index (χ0v) is 27.9. The maximum atomic E-state index is 13.6. The Balaban J connectivity index is 1.37. The van der Waals surface area contributed by atoms with Crippen molar-refractivity contribution in [1.82, 2.24) is 9.21 Å².